The topological polar surface area (TPSA) is 38.7 Å². The van der Waals surface area contributed by atoms with Crippen LogP contribution < -0.4 is 0 Å². The molecule has 1 aliphatic heterocycles. The van der Waals surface area contributed by atoms with Crippen LogP contribution in [-0.4, -0.2) is 17.6 Å². The second kappa shape index (κ2) is 5.61. The highest BCUT2D eigenvalue weighted by molar-refractivity contribution is 6.09. The molecule has 1 aliphatic rings. The van der Waals surface area contributed by atoms with E-state index >= 15 is 0 Å². The molecule has 0 aliphatic carbocycles. The predicted octanol–water partition coefficient (Wildman–Crippen LogP) is 3.74. The molecule has 0 saturated heterocycles. The fourth-order valence-electron chi connectivity index (χ4n) is 1.96. The Kier molecular flexibility index (Phi) is 4.07. The molecule has 0 saturated carbocycles. The van der Waals surface area contributed by atoms with Crippen LogP contribution in [-0.2, 0) is 9.63 Å². The van der Waals surface area contributed by atoms with E-state index in [-0.39, 0.29) is 17.3 Å². The number of hydrogen-bond donors (Lipinski definition) is 0. The van der Waals surface area contributed by atoms with Gasteiger partial charge in [0.2, 0.25) is 0 Å². The fraction of sp³-hybridized carbons (Fsp3) is 0.412. The van der Waals surface area contributed by atoms with Crippen molar-refractivity contribution in [1.29, 1.82) is 0 Å². The Labute approximate surface area is 120 Å². The Morgan fingerprint density at radius 1 is 1.25 bits per heavy atom. The fourth-order valence-corrected chi connectivity index (χ4v) is 1.96. The van der Waals surface area contributed by atoms with Gasteiger partial charge in [-0.3, -0.25) is 4.79 Å². The third kappa shape index (κ3) is 3.35. The highest BCUT2D eigenvalue weighted by Crippen LogP contribution is 2.24. The largest absolute Gasteiger partial charge is 0.387 e. The first-order chi connectivity index (χ1) is 9.38. The van der Waals surface area contributed by atoms with E-state index in [9.17, 15) is 4.79 Å². The van der Waals surface area contributed by atoms with E-state index in [1.807, 2.05) is 64.1 Å². The summed E-state index contributed by atoms with van der Waals surface area (Å²) in [5, 5.41) is 4.15. The number of rotatable bonds is 3. The van der Waals surface area contributed by atoms with E-state index in [1.54, 1.807) is 0 Å². The van der Waals surface area contributed by atoms with E-state index in [0.29, 0.717) is 6.42 Å². The molecule has 0 aromatic heterocycles. The molecule has 0 radical (unpaired) electrons. The number of ketones is 1. The van der Waals surface area contributed by atoms with Gasteiger partial charge in [0.1, 0.15) is 11.5 Å². The zero-order valence-corrected chi connectivity index (χ0v) is 12.5. The molecule has 20 heavy (non-hydrogen) atoms. The second-order valence-corrected chi connectivity index (χ2v) is 6.20. The van der Waals surface area contributed by atoms with Crippen molar-refractivity contribution >= 4 is 11.5 Å². The lowest BCUT2D eigenvalue weighted by atomic mass is 9.86. The van der Waals surface area contributed by atoms with Crippen molar-refractivity contribution < 1.29 is 9.63 Å². The molecule has 3 heteroatoms. The molecule has 1 heterocycles. The summed E-state index contributed by atoms with van der Waals surface area (Å²) in [7, 11) is 0. The summed E-state index contributed by atoms with van der Waals surface area (Å²) in [4.78, 5) is 17.6. The van der Waals surface area contributed by atoms with Crippen molar-refractivity contribution in [3.05, 3.63) is 47.5 Å². The Balaban J connectivity index is 2.09. The van der Waals surface area contributed by atoms with Crippen molar-refractivity contribution in [3.63, 3.8) is 0 Å². The predicted molar refractivity (Wildman–Crippen MR) is 80.7 cm³/mol. The van der Waals surface area contributed by atoms with Crippen LogP contribution >= 0.6 is 0 Å². The van der Waals surface area contributed by atoms with E-state index in [1.165, 1.54) is 0 Å². The number of nitrogens with zero attached hydrogens (tertiary/aromatic N) is 1. The average Bonchev–Trinajstić information content (AvgIpc) is 2.41. The van der Waals surface area contributed by atoms with E-state index in [2.05, 4.69) is 5.16 Å². The van der Waals surface area contributed by atoms with Crippen LogP contribution in [0.1, 0.15) is 39.7 Å². The lowest BCUT2D eigenvalue weighted by molar-refractivity contribution is -0.128. The minimum Gasteiger partial charge on any atom is -0.387 e. The first-order valence-electron chi connectivity index (χ1n) is 6.88. The Bertz CT molecular complexity index is 550. The van der Waals surface area contributed by atoms with Gasteiger partial charge in [0, 0.05) is 11.0 Å². The maximum atomic E-state index is 12.1. The van der Waals surface area contributed by atoms with Crippen molar-refractivity contribution in [3.8, 4) is 0 Å². The molecular formula is C17H21NO2. The van der Waals surface area contributed by atoms with Gasteiger partial charge >= 0.3 is 0 Å². The lowest BCUT2D eigenvalue weighted by Crippen LogP contribution is -2.28. The molecule has 0 N–H and O–H groups in total. The SMILES string of the molecule is CC1=CC(c2ccccc2)=NOC1CC(=O)C(C)(C)C. The van der Waals surface area contributed by atoms with Gasteiger partial charge in [-0.25, -0.2) is 0 Å². The third-order valence-electron chi connectivity index (χ3n) is 3.43. The highest BCUT2D eigenvalue weighted by Gasteiger charge is 2.28. The van der Waals surface area contributed by atoms with Crippen LogP contribution in [0, 0.1) is 5.41 Å². The number of hydrogen-bond acceptors (Lipinski definition) is 3. The molecular weight excluding hydrogens is 250 g/mol. The number of Topliss-reactive ketones (excluding diaryl/α,β-unsaturated/α-hetero) is 1. The Hall–Kier alpha value is -1.90. The van der Waals surface area contributed by atoms with Gasteiger partial charge in [-0.15, -0.1) is 0 Å². The van der Waals surface area contributed by atoms with Crippen molar-refractivity contribution in [2.75, 3.05) is 0 Å². The molecule has 3 nitrogen and oxygen atoms in total. The molecule has 0 bridgehead atoms. The monoisotopic (exact) mass is 271 g/mol. The standard InChI is InChI=1S/C17H21NO2/c1-12-10-14(13-8-6-5-7-9-13)18-20-15(12)11-16(19)17(2,3)4/h5-10,15H,11H2,1-4H3. The molecule has 1 unspecified atom stereocenters. The van der Waals surface area contributed by atoms with Gasteiger partial charge < -0.3 is 4.84 Å². The summed E-state index contributed by atoms with van der Waals surface area (Å²) in [6, 6.07) is 9.89. The minimum atomic E-state index is -0.340. The highest BCUT2D eigenvalue weighted by atomic mass is 16.6. The molecule has 1 atom stereocenters. The van der Waals surface area contributed by atoms with E-state index in [0.717, 1.165) is 16.8 Å². The summed E-state index contributed by atoms with van der Waals surface area (Å²) in [5.74, 6) is 0.189. The maximum absolute atomic E-state index is 12.1. The van der Waals surface area contributed by atoms with E-state index in [4.69, 9.17) is 4.84 Å². The lowest BCUT2D eigenvalue weighted by Gasteiger charge is -2.24. The summed E-state index contributed by atoms with van der Waals surface area (Å²) < 4.78 is 0. The normalized spacial score (nSPS) is 18.9. The van der Waals surface area contributed by atoms with Gasteiger partial charge in [-0.1, -0.05) is 56.3 Å². The van der Waals surface area contributed by atoms with Gasteiger partial charge in [-0.05, 0) is 18.6 Å². The summed E-state index contributed by atoms with van der Waals surface area (Å²) >= 11 is 0. The number of oxime groups is 1. The smallest absolute Gasteiger partial charge is 0.155 e. The molecule has 0 fully saturated rings. The number of carbonyl (C=O) groups excluding carboxylic acids is 1. The van der Waals surface area contributed by atoms with E-state index < -0.39 is 0 Å². The second-order valence-electron chi connectivity index (χ2n) is 6.20. The van der Waals surface area contributed by atoms with Crippen molar-refractivity contribution in [2.45, 2.75) is 40.2 Å². The summed E-state index contributed by atoms with van der Waals surface area (Å²) in [5.41, 5.74) is 2.53. The summed E-state index contributed by atoms with van der Waals surface area (Å²) in [6.07, 6.45) is 2.13. The van der Waals surface area contributed by atoms with Gasteiger partial charge in [0.25, 0.3) is 0 Å². The quantitative estimate of drug-likeness (QED) is 0.840. The Morgan fingerprint density at radius 3 is 2.45 bits per heavy atom. The summed E-state index contributed by atoms with van der Waals surface area (Å²) in [6.45, 7) is 7.76. The molecule has 0 amide bonds. The van der Waals surface area contributed by atoms with Crippen LogP contribution in [0.2, 0.25) is 0 Å². The number of allylic oxidation sites excluding steroid dienone is 1. The zero-order valence-electron chi connectivity index (χ0n) is 12.5. The van der Waals surface area contributed by atoms with Crippen LogP contribution in [0.15, 0.2) is 47.1 Å². The van der Waals surface area contributed by atoms with Crippen LogP contribution in [0.3, 0.4) is 0 Å². The van der Waals surface area contributed by atoms with Gasteiger partial charge in [0.15, 0.2) is 6.10 Å². The zero-order chi connectivity index (χ0) is 14.8. The van der Waals surface area contributed by atoms with Crippen molar-refractivity contribution in [1.82, 2.24) is 0 Å². The Morgan fingerprint density at radius 2 is 1.90 bits per heavy atom. The molecule has 2 rings (SSSR count). The molecule has 106 valence electrons. The first kappa shape index (κ1) is 14.5. The van der Waals surface area contributed by atoms with Crippen LogP contribution in [0.25, 0.3) is 0 Å². The minimum absolute atomic E-state index is 0.189. The van der Waals surface area contributed by atoms with Crippen LogP contribution in [0.5, 0.6) is 0 Å². The molecule has 0 spiro atoms. The average molecular weight is 271 g/mol. The van der Waals surface area contributed by atoms with Gasteiger partial charge in [-0.2, -0.15) is 0 Å². The molecule has 1 aromatic carbocycles. The number of carbonyl (C=O) groups is 1. The third-order valence-corrected chi connectivity index (χ3v) is 3.43. The van der Waals surface area contributed by atoms with Crippen molar-refractivity contribution in [2.24, 2.45) is 10.6 Å². The van der Waals surface area contributed by atoms with Crippen LogP contribution in [0.4, 0.5) is 0 Å². The number of benzene rings is 1. The maximum Gasteiger partial charge on any atom is 0.155 e. The van der Waals surface area contributed by atoms with Gasteiger partial charge in [0.05, 0.1) is 6.42 Å². The molecule has 1 aromatic rings. The first-order valence-corrected chi connectivity index (χ1v) is 6.88.